The number of nitrogens with zero attached hydrogens (tertiary/aromatic N) is 1. The molecule has 0 atom stereocenters. The molecule has 0 aromatic heterocycles. The summed E-state index contributed by atoms with van der Waals surface area (Å²) in [7, 11) is -3.76. The second-order valence-corrected chi connectivity index (χ2v) is 12.5. The van der Waals surface area contributed by atoms with Gasteiger partial charge in [0.05, 0.1) is 4.90 Å². The molecule has 0 aliphatic carbocycles. The average Bonchev–Trinajstić information content (AvgIpc) is 2.98. The third-order valence-electron chi connectivity index (χ3n) is 7.17. The van der Waals surface area contributed by atoms with Gasteiger partial charge in [-0.25, -0.2) is 8.42 Å². The van der Waals surface area contributed by atoms with Crippen LogP contribution >= 0.6 is 11.6 Å². The van der Waals surface area contributed by atoms with E-state index >= 15 is 0 Å². The lowest BCUT2D eigenvalue weighted by molar-refractivity contribution is 0.415. The molecule has 0 bridgehead atoms. The number of halogens is 1. The SMILES string of the molecule is CCCCC/C(=C/c1ccccc1)CN(CCC(c1ccccc1)c1ccccc1)S(=O)(=O)c1ccc(Cl)cc1. The third-order valence-corrected chi connectivity index (χ3v) is 9.29. The van der Waals surface area contributed by atoms with Crippen molar-refractivity contribution < 1.29 is 8.42 Å². The van der Waals surface area contributed by atoms with Crippen LogP contribution in [0.2, 0.25) is 5.02 Å². The Morgan fingerprint density at radius 1 is 0.775 bits per heavy atom. The Balaban J connectivity index is 1.69. The van der Waals surface area contributed by atoms with Crippen molar-refractivity contribution in [2.24, 2.45) is 0 Å². The highest BCUT2D eigenvalue weighted by molar-refractivity contribution is 7.89. The molecule has 0 saturated heterocycles. The molecule has 0 fully saturated rings. The molecular weight excluding hydrogens is 534 g/mol. The molecule has 0 spiro atoms. The lowest BCUT2D eigenvalue weighted by Gasteiger charge is -2.27. The first kappa shape index (κ1) is 29.8. The number of hydrogen-bond donors (Lipinski definition) is 0. The Morgan fingerprint density at radius 2 is 1.32 bits per heavy atom. The monoisotopic (exact) mass is 571 g/mol. The van der Waals surface area contributed by atoms with Crippen molar-refractivity contribution in [2.45, 2.75) is 49.8 Å². The van der Waals surface area contributed by atoms with Gasteiger partial charge in [0, 0.05) is 24.0 Å². The minimum atomic E-state index is -3.76. The molecule has 0 aliphatic heterocycles. The van der Waals surface area contributed by atoms with Gasteiger partial charge in [-0.2, -0.15) is 4.31 Å². The van der Waals surface area contributed by atoms with E-state index in [9.17, 15) is 8.42 Å². The van der Waals surface area contributed by atoms with E-state index in [0.29, 0.717) is 24.5 Å². The zero-order valence-corrected chi connectivity index (χ0v) is 24.7. The van der Waals surface area contributed by atoms with Gasteiger partial charge in [-0.05, 0) is 60.2 Å². The molecule has 4 aromatic rings. The van der Waals surface area contributed by atoms with Gasteiger partial charge in [-0.3, -0.25) is 0 Å². The van der Waals surface area contributed by atoms with E-state index in [1.165, 1.54) is 11.1 Å². The van der Waals surface area contributed by atoms with Crippen LogP contribution in [-0.2, 0) is 10.0 Å². The van der Waals surface area contributed by atoms with E-state index in [2.05, 4.69) is 49.4 Å². The quantitative estimate of drug-likeness (QED) is 0.141. The number of benzene rings is 4. The van der Waals surface area contributed by atoms with Crippen LogP contribution in [0.25, 0.3) is 6.08 Å². The fourth-order valence-electron chi connectivity index (χ4n) is 5.02. The smallest absolute Gasteiger partial charge is 0.207 e. The minimum Gasteiger partial charge on any atom is -0.207 e. The Morgan fingerprint density at radius 3 is 1.88 bits per heavy atom. The highest BCUT2D eigenvalue weighted by atomic mass is 35.5. The normalized spacial score (nSPS) is 12.2. The van der Waals surface area contributed by atoms with Crippen LogP contribution in [-0.4, -0.2) is 25.8 Å². The summed E-state index contributed by atoms with van der Waals surface area (Å²) in [5.74, 6) is 0.0759. The van der Waals surface area contributed by atoms with Gasteiger partial charge >= 0.3 is 0 Å². The summed E-state index contributed by atoms with van der Waals surface area (Å²) in [6, 6.07) is 37.4. The zero-order chi connectivity index (χ0) is 28.2. The van der Waals surface area contributed by atoms with Gasteiger partial charge in [-0.1, -0.05) is 134 Å². The maximum absolute atomic E-state index is 14.1. The maximum Gasteiger partial charge on any atom is 0.243 e. The van der Waals surface area contributed by atoms with Gasteiger partial charge in [0.25, 0.3) is 0 Å². The molecule has 0 N–H and O–H groups in total. The Hall–Kier alpha value is -3.18. The topological polar surface area (TPSA) is 37.4 Å². The molecule has 40 heavy (non-hydrogen) atoms. The van der Waals surface area contributed by atoms with Crippen LogP contribution < -0.4 is 0 Å². The van der Waals surface area contributed by atoms with E-state index in [-0.39, 0.29) is 10.8 Å². The standard InChI is InChI=1S/C35H38ClNO2S/c1-2-3-7-16-30(27-29-14-8-4-9-15-29)28-37(40(38,39)34-23-21-33(36)22-24-34)26-25-35(31-17-10-5-11-18-31)32-19-12-6-13-20-32/h4-6,8-15,17-24,27,35H,2-3,7,16,25-26,28H2,1H3/b30-27-. The van der Waals surface area contributed by atoms with Crippen LogP contribution in [0.15, 0.2) is 126 Å². The highest BCUT2D eigenvalue weighted by Crippen LogP contribution is 2.30. The van der Waals surface area contributed by atoms with Gasteiger partial charge < -0.3 is 0 Å². The van der Waals surface area contributed by atoms with Gasteiger partial charge in [0.1, 0.15) is 0 Å². The summed E-state index contributed by atoms with van der Waals surface area (Å²) in [6.45, 7) is 2.92. The molecule has 0 saturated carbocycles. The Bertz CT molecular complexity index is 1400. The maximum atomic E-state index is 14.1. The van der Waals surface area contributed by atoms with Crippen molar-refractivity contribution in [2.75, 3.05) is 13.1 Å². The lowest BCUT2D eigenvalue weighted by Crippen LogP contribution is -2.34. The fourth-order valence-corrected chi connectivity index (χ4v) is 6.61. The predicted molar refractivity (Wildman–Crippen MR) is 168 cm³/mol. The number of rotatable bonds is 14. The van der Waals surface area contributed by atoms with Crippen molar-refractivity contribution in [3.05, 3.63) is 143 Å². The van der Waals surface area contributed by atoms with Crippen LogP contribution in [0, 0.1) is 0 Å². The second-order valence-electron chi connectivity index (χ2n) is 10.1. The van der Waals surface area contributed by atoms with Crippen molar-refractivity contribution in [1.82, 2.24) is 4.31 Å². The summed E-state index contributed by atoms with van der Waals surface area (Å²) >= 11 is 6.11. The second kappa shape index (κ2) is 15.0. The van der Waals surface area contributed by atoms with Gasteiger partial charge in [0.2, 0.25) is 10.0 Å². The van der Waals surface area contributed by atoms with E-state index in [1.807, 2.05) is 54.6 Å². The van der Waals surface area contributed by atoms with E-state index in [1.54, 1.807) is 28.6 Å². The molecule has 0 unspecified atom stereocenters. The third kappa shape index (κ3) is 8.41. The lowest BCUT2D eigenvalue weighted by atomic mass is 9.88. The number of sulfonamides is 1. The number of unbranched alkanes of at least 4 members (excludes halogenated alkanes) is 2. The van der Waals surface area contributed by atoms with Crippen molar-refractivity contribution in [3.8, 4) is 0 Å². The van der Waals surface area contributed by atoms with Crippen LogP contribution in [0.3, 0.4) is 0 Å². The van der Waals surface area contributed by atoms with Crippen molar-refractivity contribution in [1.29, 1.82) is 0 Å². The summed E-state index contributed by atoms with van der Waals surface area (Å²) in [4.78, 5) is 0.264. The van der Waals surface area contributed by atoms with E-state index in [0.717, 1.165) is 36.8 Å². The molecule has 4 aromatic carbocycles. The first-order valence-corrected chi connectivity index (χ1v) is 15.9. The molecule has 4 rings (SSSR count). The Labute approximate surface area is 245 Å². The predicted octanol–water partition coefficient (Wildman–Crippen LogP) is 9.22. The van der Waals surface area contributed by atoms with E-state index in [4.69, 9.17) is 11.6 Å². The zero-order valence-electron chi connectivity index (χ0n) is 23.1. The van der Waals surface area contributed by atoms with Gasteiger partial charge in [0.15, 0.2) is 0 Å². The fraction of sp³-hybridized carbons (Fsp3) is 0.257. The number of hydrogen-bond acceptors (Lipinski definition) is 2. The summed E-state index contributed by atoms with van der Waals surface area (Å²) in [5, 5.41) is 0.517. The Kier molecular flexibility index (Phi) is 11.2. The molecule has 0 heterocycles. The summed E-state index contributed by atoms with van der Waals surface area (Å²) < 4.78 is 29.9. The first-order valence-electron chi connectivity index (χ1n) is 14.1. The molecule has 0 aliphatic rings. The van der Waals surface area contributed by atoms with Crippen molar-refractivity contribution in [3.63, 3.8) is 0 Å². The average molecular weight is 572 g/mol. The molecule has 0 radical (unpaired) electrons. The molecule has 5 heteroatoms. The molecular formula is C35H38ClNO2S. The van der Waals surface area contributed by atoms with Crippen LogP contribution in [0.4, 0.5) is 0 Å². The largest absolute Gasteiger partial charge is 0.243 e. The van der Waals surface area contributed by atoms with Gasteiger partial charge in [-0.15, -0.1) is 0 Å². The molecule has 208 valence electrons. The van der Waals surface area contributed by atoms with Crippen LogP contribution in [0.5, 0.6) is 0 Å². The summed E-state index contributed by atoms with van der Waals surface area (Å²) in [5.41, 5.74) is 4.57. The molecule has 0 amide bonds. The first-order chi connectivity index (χ1) is 19.5. The summed E-state index contributed by atoms with van der Waals surface area (Å²) in [6.07, 6.45) is 6.93. The van der Waals surface area contributed by atoms with Crippen molar-refractivity contribution >= 4 is 27.7 Å². The minimum absolute atomic E-state index is 0.0759. The van der Waals surface area contributed by atoms with E-state index < -0.39 is 10.0 Å². The highest BCUT2D eigenvalue weighted by Gasteiger charge is 2.27. The van der Waals surface area contributed by atoms with Crippen LogP contribution in [0.1, 0.15) is 61.6 Å². The molecule has 3 nitrogen and oxygen atoms in total.